The summed E-state index contributed by atoms with van der Waals surface area (Å²) in [6.45, 7) is 2.10. The molecule has 0 N–H and O–H groups in total. The largest absolute Gasteiger partial charge is 0.497 e. The molecule has 0 aliphatic carbocycles. The molecule has 0 unspecified atom stereocenters. The van der Waals surface area contributed by atoms with E-state index < -0.39 is 5.91 Å². The Bertz CT molecular complexity index is 2110. The van der Waals surface area contributed by atoms with Crippen LogP contribution in [0, 0.1) is 11.3 Å². The second-order valence-corrected chi connectivity index (χ2v) is 12.4. The molecule has 1 aliphatic heterocycles. The van der Waals surface area contributed by atoms with E-state index in [4.69, 9.17) is 14.2 Å². The zero-order valence-corrected chi connectivity index (χ0v) is 28.4. The number of hydrogen-bond donors (Lipinski definition) is 0. The van der Waals surface area contributed by atoms with Crippen LogP contribution in [0.1, 0.15) is 22.7 Å². The van der Waals surface area contributed by atoms with Gasteiger partial charge in [-0.05, 0) is 59.2 Å². The Morgan fingerprint density at radius 2 is 1.41 bits per heavy atom. The van der Waals surface area contributed by atoms with Crippen LogP contribution in [-0.4, -0.2) is 67.8 Å². The first-order valence-corrected chi connectivity index (χ1v) is 16.6. The summed E-state index contributed by atoms with van der Waals surface area (Å²) in [5.41, 5.74) is 3.15. The average Bonchev–Trinajstić information content (AvgIpc) is 3.47. The van der Waals surface area contributed by atoms with Crippen molar-refractivity contribution < 1.29 is 19.0 Å². The Morgan fingerprint density at radius 1 is 0.796 bits per heavy atom. The number of methoxy groups -OCH3 is 3. The van der Waals surface area contributed by atoms with Gasteiger partial charge in [0.25, 0.3) is 11.5 Å². The van der Waals surface area contributed by atoms with Crippen molar-refractivity contribution in [2.45, 2.75) is 6.04 Å². The maximum Gasteiger partial charge on any atom is 0.273 e. The van der Waals surface area contributed by atoms with E-state index in [1.807, 2.05) is 42.5 Å². The Kier molecular flexibility index (Phi) is 10.2. The molecule has 1 saturated heterocycles. The van der Waals surface area contributed by atoms with Gasteiger partial charge in [-0.2, -0.15) is 5.26 Å². The number of aromatic nitrogens is 1. The molecule has 248 valence electrons. The lowest BCUT2D eigenvalue weighted by molar-refractivity contribution is -0.126. The lowest BCUT2D eigenvalue weighted by atomic mass is 9.96. The van der Waals surface area contributed by atoms with Gasteiger partial charge in [0.15, 0.2) is 17.1 Å². The van der Waals surface area contributed by atoms with Crippen LogP contribution in [-0.2, 0) is 4.79 Å². The Hall–Kier alpha value is -5.63. The van der Waals surface area contributed by atoms with Gasteiger partial charge in [0.2, 0.25) is 0 Å². The lowest BCUT2D eigenvalue weighted by Crippen LogP contribution is -2.50. The van der Waals surface area contributed by atoms with Crippen LogP contribution in [0.25, 0.3) is 17.3 Å². The van der Waals surface area contributed by atoms with Crippen LogP contribution in [0.15, 0.2) is 108 Å². The zero-order chi connectivity index (χ0) is 34.3. The van der Waals surface area contributed by atoms with Gasteiger partial charge in [-0.1, -0.05) is 66.7 Å². The van der Waals surface area contributed by atoms with Gasteiger partial charge < -0.3 is 19.1 Å². The summed E-state index contributed by atoms with van der Waals surface area (Å²) >= 11 is 1.11. The molecular formula is C39H36N4O5S. The molecule has 10 heteroatoms. The fourth-order valence-corrected chi connectivity index (χ4v) is 7.22. The van der Waals surface area contributed by atoms with Crippen molar-refractivity contribution in [3.05, 3.63) is 139 Å². The summed E-state index contributed by atoms with van der Waals surface area (Å²) in [5, 5.41) is 10.5. The number of nitrogens with zero attached hydrogens (tertiary/aromatic N) is 4. The summed E-state index contributed by atoms with van der Waals surface area (Å²) in [7, 11) is 4.67. The van der Waals surface area contributed by atoms with Gasteiger partial charge in [0.1, 0.15) is 16.5 Å². The molecule has 0 radical (unpaired) electrons. The number of rotatable bonds is 9. The fourth-order valence-electron chi connectivity index (χ4n) is 6.12. The summed E-state index contributed by atoms with van der Waals surface area (Å²) in [4.78, 5) is 32.3. The van der Waals surface area contributed by atoms with E-state index in [9.17, 15) is 14.9 Å². The number of benzene rings is 4. The quantitative estimate of drug-likeness (QED) is 0.230. The third kappa shape index (κ3) is 6.99. The molecule has 4 aromatic carbocycles. The minimum absolute atomic E-state index is 0.0336. The Balaban J connectivity index is 1.38. The van der Waals surface area contributed by atoms with Crippen molar-refractivity contribution in [2.24, 2.45) is 0 Å². The van der Waals surface area contributed by atoms with Gasteiger partial charge in [-0.15, -0.1) is 11.3 Å². The summed E-state index contributed by atoms with van der Waals surface area (Å²) in [5.74, 6) is 1.29. The monoisotopic (exact) mass is 672 g/mol. The van der Waals surface area contributed by atoms with Crippen molar-refractivity contribution in [1.82, 2.24) is 14.4 Å². The maximum atomic E-state index is 14.1. The van der Waals surface area contributed by atoms with Gasteiger partial charge in [-0.25, -0.2) is 0 Å². The SMILES string of the molecule is COc1ccc(-n2c(=C(C#N)C(=O)N3CCN(C(c4ccccc4)c4ccccc4)CC3)sc(=Cc3ccc(OC)c(OC)c3)c2=O)cc1. The van der Waals surface area contributed by atoms with Gasteiger partial charge in [-0.3, -0.25) is 19.1 Å². The molecule has 0 saturated carbocycles. The predicted molar refractivity (Wildman–Crippen MR) is 191 cm³/mol. The van der Waals surface area contributed by atoms with Crippen molar-refractivity contribution >= 4 is 28.9 Å². The zero-order valence-electron chi connectivity index (χ0n) is 27.5. The number of ether oxygens (including phenoxy) is 3. The molecule has 1 fully saturated rings. The molecule has 6 rings (SSSR count). The Labute approximate surface area is 288 Å². The van der Waals surface area contributed by atoms with Crippen LogP contribution < -0.4 is 29.0 Å². The van der Waals surface area contributed by atoms with Gasteiger partial charge in [0, 0.05) is 26.2 Å². The van der Waals surface area contributed by atoms with E-state index in [1.165, 1.54) is 15.7 Å². The highest BCUT2D eigenvalue weighted by molar-refractivity contribution is 7.07. The van der Waals surface area contributed by atoms with Crippen molar-refractivity contribution in [1.29, 1.82) is 5.26 Å². The molecule has 1 aliphatic rings. The molecule has 0 atom stereocenters. The summed E-state index contributed by atoms with van der Waals surface area (Å²) < 4.78 is 18.2. The van der Waals surface area contributed by atoms with Crippen LogP contribution >= 0.6 is 11.3 Å². The summed E-state index contributed by atoms with van der Waals surface area (Å²) in [6.07, 6.45) is 1.73. The minimum atomic E-state index is -0.403. The third-order valence-corrected chi connectivity index (χ3v) is 9.69. The smallest absolute Gasteiger partial charge is 0.273 e. The van der Waals surface area contributed by atoms with E-state index in [2.05, 4.69) is 35.2 Å². The molecule has 2 heterocycles. The highest BCUT2D eigenvalue weighted by Crippen LogP contribution is 2.30. The molecule has 1 aromatic heterocycles. The highest BCUT2D eigenvalue weighted by Gasteiger charge is 2.30. The molecule has 1 amide bonds. The first-order chi connectivity index (χ1) is 23.9. The number of hydrogen-bond acceptors (Lipinski definition) is 8. The lowest BCUT2D eigenvalue weighted by Gasteiger charge is -2.39. The number of carbonyl (C=O) groups excluding carboxylic acids is 1. The van der Waals surface area contributed by atoms with Crippen LogP contribution in [0.3, 0.4) is 0 Å². The van der Waals surface area contributed by atoms with Crippen LogP contribution in [0.5, 0.6) is 17.2 Å². The number of carbonyl (C=O) groups is 1. The van der Waals surface area contributed by atoms with Crippen LogP contribution in [0.4, 0.5) is 0 Å². The fraction of sp³-hybridized carbons (Fsp3) is 0.205. The van der Waals surface area contributed by atoms with Crippen molar-refractivity contribution in [3.8, 4) is 29.0 Å². The predicted octanol–water partition coefficient (Wildman–Crippen LogP) is 4.36. The maximum absolute atomic E-state index is 14.1. The van der Waals surface area contributed by atoms with E-state index in [0.717, 1.165) is 11.3 Å². The first-order valence-electron chi connectivity index (χ1n) is 15.8. The molecule has 0 spiro atoms. The standard InChI is InChI=1S/C39H36N4O5S/c1-46-31-17-15-30(16-18-31)43-38(45)35(25-27-14-19-33(47-2)34(24-27)48-3)49-39(43)32(26-40)37(44)42-22-20-41(21-23-42)36(28-10-6-4-7-11-28)29-12-8-5-9-13-29/h4-19,24-25,36H,20-23H2,1-3H3. The normalized spacial score (nSPS) is 14.3. The van der Waals surface area contributed by atoms with Gasteiger partial charge in [0.05, 0.1) is 37.6 Å². The van der Waals surface area contributed by atoms with Crippen LogP contribution in [0.2, 0.25) is 0 Å². The van der Waals surface area contributed by atoms with E-state index in [0.29, 0.717) is 59.2 Å². The second-order valence-electron chi connectivity index (χ2n) is 11.4. The van der Waals surface area contributed by atoms with Crippen molar-refractivity contribution in [2.75, 3.05) is 47.5 Å². The minimum Gasteiger partial charge on any atom is -0.497 e. The number of piperazine rings is 1. The average molecular weight is 673 g/mol. The van der Waals surface area contributed by atoms with E-state index in [1.54, 1.807) is 68.7 Å². The van der Waals surface area contributed by atoms with Gasteiger partial charge >= 0.3 is 0 Å². The number of thiazole rings is 1. The molecular weight excluding hydrogens is 637 g/mol. The Morgan fingerprint density at radius 3 is 1.96 bits per heavy atom. The first kappa shape index (κ1) is 33.3. The third-order valence-electron chi connectivity index (χ3n) is 8.60. The molecule has 9 nitrogen and oxygen atoms in total. The number of amides is 1. The topological polar surface area (TPSA) is 97.0 Å². The molecule has 5 aromatic rings. The number of nitriles is 1. The van der Waals surface area contributed by atoms with E-state index >= 15 is 0 Å². The van der Waals surface area contributed by atoms with Crippen molar-refractivity contribution in [3.63, 3.8) is 0 Å². The molecule has 0 bridgehead atoms. The summed E-state index contributed by atoms with van der Waals surface area (Å²) in [6, 6.07) is 35.2. The van der Waals surface area contributed by atoms with E-state index in [-0.39, 0.29) is 21.8 Å². The second kappa shape index (κ2) is 15.1. The molecule has 49 heavy (non-hydrogen) atoms. The highest BCUT2D eigenvalue weighted by atomic mass is 32.1.